The summed E-state index contributed by atoms with van der Waals surface area (Å²) in [6.45, 7) is 0. The Morgan fingerprint density at radius 3 is 2.32 bits per heavy atom. The van der Waals surface area contributed by atoms with Gasteiger partial charge in [0.15, 0.2) is 5.78 Å². The summed E-state index contributed by atoms with van der Waals surface area (Å²) in [7, 11) is 0. The molecule has 0 fully saturated rings. The van der Waals surface area contributed by atoms with E-state index in [1.165, 1.54) is 18.2 Å². The number of benzene rings is 4. The quantitative estimate of drug-likeness (QED) is 0.540. The number of ketones is 1. The molecule has 0 spiro atoms. The van der Waals surface area contributed by atoms with Gasteiger partial charge in [0.25, 0.3) is 0 Å². The fraction of sp³-hybridized carbons (Fsp3) is 0.0800. The molecule has 3 heteroatoms. The molecule has 2 nitrogen and oxygen atoms in total. The lowest BCUT2D eigenvalue weighted by atomic mass is 9.71. The maximum Gasteiger partial charge on any atom is 0.193 e. The van der Waals surface area contributed by atoms with Gasteiger partial charge in [0.2, 0.25) is 0 Å². The van der Waals surface area contributed by atoms with Gasteiger partial charge < -0.3 is 5.11 Å². The summed E-state index contributed by atoms with van der Waals surface area (Å²) in [5.74, 6) is -0.743. The first-order valence-electron chi connectivity index (χ1n) is 9.20. The molecule has 0 aliphatic heterocycles. The van der Waals surface area contributed by atoms with E-state index in [4.69, 9.17) is 0 Å². The van der Waals surface area contributed by atoms with Crippen molar-refractivity contribution >= 4 is 16.6 Å². The Labute approximate surface area is 161 Å². The predicted octanol–water partition coefficient (Wildman–Crippen LogP) is 5.00. The van der Waals surface area contributed by atoms with Crippen LogP contribution in [0.4, 0.5) is 4.39 Å². The van der Waals surface area contributed by atoms with Crippen LogP contribution in [-0.2, 0) is 12.0 Å². The van der Waals surface area contributed by atoms with Crippen molar-refractivity contribution in [3.63, 3.8) is 0 Å². The number of halogens is 1. The Kier molecular flexibility index (Phi) is 3.68. The topological polar surface area (TPSA) is 37.3 Å². The van der Waals surface area contributed by atoms with Gasteiger partial charge in [0.05, 0.1) is 0 Å². The fourth-order valence-electron chi connectivity index (χ4n) is 4.23. The van der Waals surface area contributed by atoms with E-state index in [1.54, 1.807) is 18.2 Å². The lowest BCUT2D eigenvalue weighted by Crippen LogP contribution is -2.37. The van der Waals surface area contributed by atoms with Crippen LogP contribution in [-0.4, -0.2) is 10.9 Å². The van der Waals surface area contributed by atoms with Crippen molar-refractivity contribution < 1.29 is 14.3 Å². The molecular formula is C25H17FO2. The van der Waals surface area contributed by atoms with Crippen LogP contribution < -0.4 is 0 Å². The molecule has 0 heterocycles. The molecule has 0 bridgehead atoms. The van der Waals surface area contributed by atoms with Gasteiger partial charge in [-0.1, -0.05) is 72.8 Å². The van der Waals surface area contributed by atoms with E-state index >= 15 is 0 Å². The van der Waals surface area contributed by atoms with E-state index < -0.39 is 11.4 Å². The van der Waals surface area contributed by atoms with Crippen molar-refractivity contribution in [3.05, 3.63) is 119 Å². The van der Waals surface area contributed by atoms with Crippen molar-refractivity contribution in [2.24, 2.45) is 0 Å². The number of hydrogen-bond acceptors (Lipinski definition) is 2. The number of carbonyl (C=O) groups is 1. The van der Waals surface area contributed by atoms with Crippen LogP contribution in [0.15, 0.2) is 84.9 Å². The molecule has 4 aromatic rings. The van der Waals surface area contributed by atoms with Gasteiger partial charge in [-0.15, -0.1) is 0 Å². The zero-order chi connectivity index (χ0) is 19.3. The first-order valence-corrected chi connectivity index (χ1v) is 9.20. The SMILES string of the molecule is O=C1c2ccccc2C(O)(Cc2ccc3ccccc3c2)c2ccc(F)cc21. The largest absolute Gasteiger partial charge is 0.380 e. The highest BCUT2D eigenvalue weighted by molar-refractivity contribution is 6.13. The number of aliphatic hydroxyl groups is 1. The molecule has 0 saturated heterocycles. The van der Waals surface area contributed by atoms with E-state index in [0.717, 1.165) is 16.3 Å². The Morgan fingerprint density at radius 2 is 1.46 bits per heavy atom. The van der Waals surface area contributed by atoms with E-state index in [2.05, 4.69) is 6.07 Å². The molecule has 1 aliphatic rings. The molecule has 4 aromatic carbocycles. The van der Waals surface area contributed by atoms with Crippen LogP contribution in [0.5, 0.6) is 0 Å². The molecule has 0 amide bonds. The van der Waals surface area contributed by atoms with Gasteiger partial charge in [-0.3, -0.25) is 4.79 Å². The minimum Gasteiger partial charge on any atom is -0.380 e. The van der Waals surface area contributed by atoms with E-state index in [0.29, 0.717) is 23.1 Å². The van der Waals surface area contributed by atoms with Crippen LogP contribution in [0, 0.1) is 5.82 Å². The van der Waals surface area contributed by atoms with Crippen molar-refractivity contribution in [2.45, 2.75) is 12.0 Å². The molecule has 0 saturated carbocycles. The molecule has 136 valence electrons. The second-order valence-corrected chi connectivity index (χ2v) is 7.28. The van der Waals surface area contributed by atoms with Gasteiger partial charge in [0.1, 0.15) is 11.4 Å². The Hall–Kier alpha value is -3.30. The van der Waals surface area contributed by atoms with E-state index in [1.807, 2.05) is 42.5 Å². The Bertz CT molecular complexity index is 1240. The lowest BCUT2D eigenvalue weighted by molar-refractivity contribution is 0.0720. The first-order chi connectivity index (χ1) is 13.6. The van der Waals surface area contributed by atoms with Crippen LogP contribution in [0.25, 0.3) is 10.8 Å². The number of hydrogen-bond donors (Lipinski definition) is 1. The number of carbonyl (C=O) groups excluding carboxylic acids is 1. The molecule has 1 atom stereocenters. The summed E-state index contributed by atoms with van der Waals surface area (Å²) in [6.07, 6.45) is 0.292. The zero-order valence-electron chi connectivity index (χ0n) is 15.0. The van der Waals surface area contributed by atoms with Crippen molar-refractivity contribution in [3.8, 4) is 0 Å². The third-order valence-corrected chi connectivity index (χ3v) is 5.56. The third-order valence-electron chi connectivity index (χ3n) is 5.56. The van der Waals surface area contributed by atoms with Crippen LogP contribution in [0.3, 0.4) is 0 Å². The molecule has 5 rings (SSSR count). The Balaban J connectivity index is 1.71. The van der Waals surface area contributed by atoms with Crippen LogP contribution in [0.2, 0.25) is 0 Å². The molecule has 1 unspecified atom stereocenters. The molecule has 0 radical (unpaired) electrons. The van der Waals surface area contributed by atoms with Gasteiger partial charge in [-0.2, -0.15) is 0 Å². The first kappa shape index (κ1) is 16.8. The summed E-state index contributed by atoms with van der Waals surface area (Å²) >= 11 is 0. The maximum atomic E-state index is 13.9. The normalized spacial score (nSPS) is 18.0. The van der Waals surface area contributed by atoms with Crippen LogP contribution >= 0.6 is 0 Å². The minimum absolute atomic E-state index is 0.224. The summed E-state index contributed by atoms with van der Waals surface area (Å²) in [5, 5.41) is 14.0. The predicted molar refractivity (Wildman–Crippen MR) is 107 cm³/mol. The average Bonchev–Trinajstić information content (AvgIpc) is 2.72. The molecule has 0 aromatic heterocycles. The lowest BCUT2D eigenvalue weighted by Gasteiger charge is -2.36. The smallest absolute Gasteiger partial charge is 0.193 e. The Morgan fingerprint density at radius 1 is 0.750 bits per heavy atom. The van der Waals surface area contributed by atoms with Crippen molar-refractivity contribution in [2.75, 3.05) is 0 Å². The van der Waals surface area contributed by atoms with Gasteiger partial charge >= 0.3 is 0 Å². The van der Waals surface area contributed by atoms with E-state index in [9.17, 15) is 14.3 Å². The summed E-state index contributed by atoms with van der Waals surface area (Å²) in [6, 6.07) is 25.2. The number of rotatable bonds is 2. The second-order valence-electron chi connectivity index (χ2n) is 7.28. The fourth-order valence-corrected chi connectivity index (χ4v) is 4.23. The molecule has 1 N–H and O–H groups in total. The standard InChI is InChI=1S/C25H17FO2/c26-19-11-12-23-21(14-19)24(27)20-7-3-4-8-22(20)25(23,28)15-16-9-10-17-5-1-2-6-18(17)13-16/h1-14,28H,15H2. The van der Waals surface area contributed by atoms with Gasteiger partial charge in [0, 0.05) is 17.5 Å². The van der Waals surface area contributed by atoms with Crippen molar-refractivity contribution in [1.82, 2.24) is 0 Å². The van der Waals surface area contributed by atoms with Gasteiger partial charge in [-0.25, -0.2) is 4.39 Å². The molecule has 1 aliphatic carbocycles. The average molecular weight is 368 g/mol. The van der Waals surface area contributed by atoms with Crippen LogP contribution in [0.1, 0.15) is 32.6 Å². The summed E-state index contributed by atoms with van der Waals surface area (Å²) in [4.78, 5) is 12.9. The monoisotopic (exact) mass is 368 g/mol. The summed E-state index contributed by atoms with van der Waals surface area (Å²) < 4.78 is 13.9. The molecular weight excluding hydrogens is 351 g/mol. The number of fused-ring (bicyclic) bond motifs is 3. The third kappa shape index (κ3) is 2.48. The second kappa shape index (κ2) is 6.11. The maximum absolute atomic E-state index is 13.9. The van der Waals surface area contributed by atoms with E-state index in [-0.39, 0.29) is 11.3 Å². The molecule has 28 heavy (non-hydrogen) atoms. The highest BCUT2D eigenvalue weighted by Crippen LogP contribution is 2.42. The van der Waals surface area contributed by atoms with Crippen molar-refractivity contribution in [1.29, 1.82) is 0 Å². The van der Waals surface area contributed by atoms with Gasteiger partial charge in [-0.05, 0) is 39.6 Å². The minimum atomic E-state index is -1.41. The zero-order valence-corrected chi connectivity index (χ0v) is 15.0. The highest BCUT2D eigenvalue weighted by atomic mass is 19.1. The summed E-state index contributed by atoms with van der Waals surface area (Å²) in [5.41, 5.74) is 1.19. The highest BCUT2D eigenvalue weighted by Gasteiger charge is 2.42.